The minimum absolute atomic E-state index is 0.0946. The van der Waals surface area contributed by atoms with E-state index in [1.165, 1.54) is 12.3 Å². The fraction of sp³-hybridized carbons (Fsp3) is 0.286. The number of halogens is 5. The van der Waals surface area contributed by atoms with E-state index in [0.29, 0.717) is 12.0 Å². The van der Waals surface area contributed by atoms with E-state index in [0.717, 1.165) is 29.6 Å². The van der Waals surface area contributed by atoms with E-state index in [4.69, 9.17) is 15.6 Å². The van der Waals surface area contributed by atoms with Crippen LogP contribution in [0.4, 0.5) is 22.0 Å². The van der Waals surface area contributed by atoms with Crippen molar-refractivity contribution in [1.29, 1.82) is 0 Å². The van der Waals surface area contributed by atoms with Crippen molar-refractivity contribution in [3.8, 4) is 0 Å². The Bertz CT molecular complexity index is 1110. The highest BCUT2D eigenvalue weighted by Gasteiger charge is 2.38. The van der Waals surface area contributed by atoms with E-state index < -0.39 is 24.1 Å². The van der Waals surface area contributed by atoms with E-state index in [2.05, 4.69) is 15.3 Å². The van der Waals surface area contributed by atoms with Gasteiger partial charge in [-0.2, -0.15) is 13.2 Å². The Hall–Kier alpha value is -3.54. The molecule has 0 saturated carbocycles. The quantitative estimate of drug-likeness (QED) is 0.409. The molecule has 2 heterocycles. The van der Waals surface area contributed by atoms with Gasteiger partial charge in [0.05, 0.1) is 6.04 Å². The zero-order valence-corrected chi connectivity index (χ0v) is 17.3. The molecule has 1 aromatic carbocycles. The van der Waals surface area contributed by atoms with Gasteiger partial charge in [0.25, 0.3) is 5.92 Å². The SMILES string of the molecule is CC(F)(F)c1cncc(CNC(=O)[C@@H](N)Cc2c[nH]c3ccccc23)c1.O=C(O)C(F)(F)F. The van der Waals surface area contributed by atoms with Crippen molar-refractivity contribution in [3.63, 3.8) is 0 Å². The van der Waals surface area contributed by atoms with E-state index in [-0.39, 0.29) is 18.0 Å². The standard InChI is InChI=1S/C19H20F2N4O.C2HF3O2/c1-19(20,21)14-6-12(8-23-11-14)9-25-18(26)16(22)7-13-10-24-17-5-3-2-4-15(13)17;3-2(4,5)1(6)7/h2-6,8,10-11,16,24H,7,9,22H2,1H3,(H,25,26);(H,6,7)/t16-;/m0./s1. The van der Waals surface area contributed by atoms with Gasteiger partial charge in [-0.25, -0.2) is 13.6 Å². The Morgan fingerprint density at radius 2 is 1.82 bits per heavy atom. The number of carbonyl (C=O) groups is 2. The molecule has 5 N–H and O–H groups in total. The van der Waals surface area contributed by atoms with Gasteiger partial charge in [-0.15, -0.1) is 0 Å². The molecule has 3 rings (SSSR count). The second-order valence-corrected chi connectivity index (χ2v) is 7.16. The van der Waals surface area contributed by atoms with Crippen molar-refractivity contribution in [2.24, 2.45) is 5.73 Å². The minimum Gasteiger partial charge on any atom is -0.475 e. The van der Waals surface area contributed by atoms with Crippen LogP contribution in [0.3, 0.4) is 0 Å². The molecule has 12 heteroatoms. The number of nitrogens with two attached hydrogens (primary N) is 1. The van der Waals surface area contributed by atoms with Crippen LogP contribution in [-0.2, 0) is 28.5 Å². The lowest BCUT2D eigenvalue weighted by atomic mass is 10.0. The van der Waals surface area contributed by atoms with Crippen LogP contribution in [0, 0.1) is 0 Å². The maximum atomic E-state index is 13.4. The number of hydrogen-bond acceptors (Lipinski definition) is 4. The molecule has 0 unspecified atom stereocenters. The lowest BCUT2D eigenvalue weighted by Gasteiger charge is -2.14. The highest BCUT2D eigenvalue weighted by Crippen LogP contribution is 2.26. The molecule has 0 radical (unpaired) electrons. The molecule has 0 saturated heterocycles. The van der Waals surface area contributed by atoms with E-state index >= 15 is 0 Å². The van der Waals surface area contributed by atoms with Crippen molar-refractivity contribution < 1.29 is 36.6 Å². The number of carboxylic acids is 1. The van der Waals surface area contributed by atoms with Gasteiger partial charge in [0.15, 0.2) is 0 Å². The molecule has 0 aliphatic carbocycles. The fourth-order valence-electron chi connectivity index (χ4n) is 2.77. The molecule has 178 valence electrons. The van der Waals surface area contributed by atoms with Crippen LogP contribution in [0.5, 0.6) is 0 Å². The molecule has 0 aliphatic heterocycles. The normalized spacial score (nSPS) is 12.6. The average molecular weight is 472 g/mol. The van der Waals surface area contributed by atoms with Gasteiger partial charge in [-0.05, 0) is 29.7 Å². The number of rotatable bonds is 6. The smallest absolute Gasteiger partial charge is 0.475 e. The maximum absolute atomic E-state index is 13.4. The Kier molecular flexibility index (Phi) is 8.09. The van der Waals surface area contributed by atoms with Gasteiger partial charge in [0, 0.05) is 48.5 Å². The molecule has 0 bridgehead atoms. The lowest BCUT2D eigenvalue weighted by molar-refractivity contribution is -0.192. The summed E-state index contributed by atoms with van der Waals surface area (Å²) in [5.74, 6) is -6.07. The van der Waals surface area contributed by atoms with Gasteiger partial charge in [-0.1, -0.05) is 18.2 Å². The van der Waals surface area contributed by atoms with Crippen LogP contribution >= 0.6 is 0 Å². The Balaban J connectivity index is 0.000000479. The summed E-state index contributed by atoms with van der Waals surface area (Å²) >= 11 is 0. The van der Waals surface area contributed by atoms with E-state index in [9.17, 15) is 26.7 Å². The number of nitrogens with one attached hydrogen (secondary N) is 2. The van der Waals surface area contributed by atoms with E-state index in [1.54, 1.807) is 0 Å². The summed E-state index contributed by atoms with van der Waals surface area (Å²) in [5, 5.41) is 10.8. The summed E-state index contributed by atoms with van der Waals surface area (Å²) in [5.41, 5.74) is 8.25. The molecular formula is C21H21F5N4O3. The third-order valence-electron chi connectivity index (χ3n) is 4.46. The van der Waals surface area contributed by atoms with Crippen LogP contribution in [0.1, 0.15) is 23.6 Å². The minimum atomic E-state index is -5.08. The number of carbonyl (C=O) groups excluding carboxylic acids is 1. The molecule has 2 aromatic heterocycles. The van der Waals surface area contributed by atoms with Crippen molar-refractivity contribution in [2.45, 2.75) is 38.0 Å². The van der Waals surface area contributed by atoms with Gasteiger partial charge in [-0.3, -0.25) is 9.78 Å². The van der Waals surface area contributed by atoms with Gasteiger partial charge in [0.1, 0.15) is 0 Å². The zero-order chi connectivity index (χ0) is 24.8. The highest BCUT2D eigenvalue weighted by molar-refractivity contribution is 5.86. The fourth-order valence-corrected chi connectivity index (χ4v) is 2.77. The number of para-hydroxylation sites is 1. The number of H-pyrrole nitrogens is 1. The predicted octanol–water partition coefficient (Wildman–Crippen LogP) is 3.49. The first kappa shape index (κ1) is 25.7. The Labute approximate surface area is 184 Å². The van der Waals surface area contributed by atoms with Crippen LogP contribution in [0.2, 0.25) is 0 Å². The Morgan fingerprint density at radius 1 is 1.18 bits per heavy atom. The van der Waals surface area contributed by atoms with Gasteiger partial charge in [0.2, 0.25) is 5.91 Å². The summed E-state index contributed by atoms with van der Waals surface area (Å²) in [6.45, 7) is 0.904. The number of aromatic amines is 1. The molecular weight excluding hydrogens is 451 g/mol. The molecule has 0 fully saturated rings. The van der Waals surface area contributed by atoms with Crippen LogP contribution < -0.4 is 11.1 Å². The number of aromatic nitrogens is 2. The molecule has 1 amide bonds. The van der Waals surface area contributed by atoms with Crippen molar-refractivity contribution >= 4 is 22.8 Å². The molecule has 0 spiro atoms. The Morgan fingerprint density at radius 3 is 2.42 bits per heavy atom. The topological polar surface area (TPSA) is 121 Å². The third-order valence-corrected chi connectivity index (χ3v) is 4.46. The highest BCUT2D eigenvalue weighted by atomic mass is 19.4. The predicted molar refractivity (Wildman–Crippen MR) is 109 cm³/mol. The number of benzene rings is 1. The second-order valence-electron chi connectivity index (χ2n) is 7.16. The first-order valence-electron chi connectivity index (χ1n) is 9.49. The number of hydrogen-bond donors (Lipinski definition) is 4. The summed E-state index contributed by atoms with van der Waals surface area (Å²) in [7, 11) is 0. The summed E-state index contributed by atoms with van der Waals surface area (Å²) in [4.78, 5) is 28.1. The molecule has 33 heavy (non-hydrogen) atoms. The van der Waals surface area contributed by atoms with Crippen molar-refractivity contribution in [3.05, 3.63) is 65.6 Å². The molecule has 7 nitrogen and oxygen atoms in total. The maximum Gasteiger partial charge on any atom is 0.490 e. The number of amides is 1. The number of pyridine rings is 1. The first-order chi connectivity index (χ1) is 15.3. The monoisotopic (exact) mass is 472 g/mol. The van der Waals surface area contributed by atoms with Crippen LogP contribution in [0.25, 0.3) is 10.9 Å². The summed E-state index contributed by atoms with van der Waals surface area (Å²) in [6, 6.07) is 8.37. The number of nitrogens with zero attached hydrogens (tertiary/aromatic N) is 1. The largest absolute Gasteiger partial charge is 0.490 e. The summed E-state index contributed by atoms with van der Waals surface area (Å²) in [6.07, 6.45) is -0.301. The van der Waals surface area contributed by atoms with E-state index in [1.807, 2.05) is 30.5 Å². The number of fused-ring (bicyclic) bond motifs is 1. The van der Waals surface area contributed by atoms with Crippen molar-refractivity contribution in [1.82, 2.24) is 15.3 Å². The van der Waals surface area contributed by atoms with Crippen LogP contribution in [-0.4, -0.2) is 39.2 Å². The number of aliphatic carboxylic acids is 1. The third kappa shape index (κ3) is 7.52. The van der Waals surface area contributed by atoms with Gasteiger partial charge < -0.3 is 21.1 Å². The second kappa shape index (κ2) is 10.4. The van der Waals surface area contributed by atoms with Crippen molar-refractivity contribution in [2.75, 3.05) is 0 Å². The number of alkyl halides is 5. The zero-order valence-electron chi connectivity index (χ0n) is 17.3. The molecule has 0 aliphatic rings. The van der Waals surface area contributed by atoms with Gasteiger partial charge >= 0.3 is 12.1 Å². The molecule has 1 atom stereocenters. The number of carboxylic acid groups (broad SMARTS) is 1. The average Bonchev–Trinajstić information content (AvgIpc) is 3.14. The first-order valence-corrected chi connectivity index (χ1v) is 9.49. The lowest BCUT2D eigenvalue weighted by Crippen LogP contribution is -2.41. The summed E-state index contributed by atoms with van der Waals surface area (Å²) < 4.78 is 58.4. The van der Waals surface area contributed by atoms with Crippen LogP contribution in [0.15, 0.2) is 48.9 Å². The molecule has 3 aromatic rings.